The van der Waals surface area contributed by atoms with Crippen LogP contribution < -0.4 is 16.4 Å². The molecule has 0 radical (unpaired) electrons. The minimum atomic E-state index is -0.449. The first-order valence-corrected chi connectivity index (χ1v) is 7.58. The molecular formula is C14H28N4O2. The highest BCUT2D eigenvalue weighted by Gasteiger charge is 2.28. The van der Waals surface area contributed by atoms with Crippen molar-refractivity contribution in [2.75, 3.05) is 26.7 Å². The summed E-state index contributed by atoms with van der Waals surface area (Å²) in [6, 6.07) is 0.0297. The predicted molar refractivity (Wildman–Crippen MR) is 79.3 cm³/mol. The normalized spacial score (nSPS) is 22.6. The Balaban J connectivity index is 2.45. The quantitative estimate of drug-likeness (QED) is 0.669. The van der Waals surface area contributed by atoms with Crippen molar-refractivity contribution in [3.05, 3.63) is 0 Å². The van der Waals surface area contributed by atoms with Gasteiger partial charge in [-0.3, -0.25) is 15.0 Å². The molecule has 1 rings (SSSR count). The van der Waals surface area contributed by atoms with Gasteiger partial charge in [0.05, 0.1) is 0 Å². The summed E-state index contributed by atoms with van der Waals surface area (Å²) in [4.78, 5) is 25.0. The molecule has 0 aromatic carbocycles. The molecule has 6 heteroatoms. The molecule has 0 spiro atoms. The van der Waals surface area contributed by atoms with Gasteiger partial charge < -0.3 is 11.1 Å². The zero-order chi connectivity index (χ0) is 15.0. The van der Waals surface area contributed by atoms with E-state index in [2.05, 4.69) is 22.5 Å². The number of hydrogen-bond donors (Lipinski definition) is 3. The van der Waals surface area contributed by atoms with Crippen LogP contribution in [0.2, 0.25) is 0 Å². The fourth-order valence-electron chi connectivity index (χ4n) is 3.00. The summed E-state index contributed by atoms with van der Waals surface area (Å²) in [7, 11) is 1.49. The summed E-state index contributed by atoms with van der Waals surface area (Å²) >= 11 is 0. The number of nitrogens with one attached hydrogen (secondary N) is 2. The molecule has 0 bridgehead atoms. The van der Waals surface area contributed by atoms with Crippen LogP contribution in [0.25, 0.3) is 0 Å². The summed E-state index contributed by atoms with van der Waals surface area (Å²) in [6.07, 6.45) is 5.18. The average molecular weight is 284 g/mol. The molecule has 4 N–H and O–H groups in total. The second kappa shape index (κ2) is 8.92. The zero-order valence-corrected chi connectivity index (χ0v) is 12.7. The van der Waals surface area contributed by atoms with Crippen LogP contribution in [-0.2, 0) is 4.79 Å². The molecule has 0 aromatic rings. The number of carbonyl (C=O) groups excluding carboxylic acids is 2. The lowest BCUT2D eigenvalue weighted by Crippen LogP contribution is -2.46. The second-order valence-electron chi connectivity index (χ2n) is 5.35. The smallest absolute Gasteiger partial charge is 0.321 e. The van der Waals surface area contributed by atoms with Crippen LogP contribution in [0.4, 0.5) is 4.79 Å². The number of nitrogens with two attached hydrogens (primary N) is 1. The SMILES string of the molecule is CCN(CCC(=O)NC(=O)NC)C1CCCCC1CN. The Labute approximate surface area is 121 Å². The van der Waals surface area contributed by atoms with Crippen LogP contribution in [0.3, 0.4) is 0 Å². The van der Waals surface area contributed by atoms with Crippen molar-refractivity contribution >= 4 is 11.9 Å². The zero-order valence-electron chi connectivity index (χ0n) is 12.7. The van der Waals surface area contributed by atoms with E-state index < -0.39 is 6.03 Å². The lowest BCUT2D eigenvalue weighted by atomic mass is 9.83. The molecule has 3 amide bonds. The Morgan fingerprint density at radius 1 is 1.30 bits per heavy atom. The lowest BCUT2D eigenvalue weighted by Gasteiger charge is -2.39. The van der Waals surface area contributed by atoms with E-state index in [4.69, 9.17) is 5.73 Å². The van der Waals surface area contributed by atoms with Gasteiger partial charge in [-0.25, -0.2) is 4.79 Å². The average Bonchev–Trinajstić information content (AvgIpc) is 2.48. The van der Waals surface area contributed by atoms with Crippen molar-refractivity contribution in [1.82, 2.24) is 15.5 Å². The maximum absolute atomic E-state index is 11.6. The van der Waals surface area contributed by atoms with Gasteiger partial charge in [-0.05, 0) is 31.8 Å². The van der Waals surface area contributed by atoms with E-state index in [0.29, 0.717) is 31.5 Å². The Bertz CT molecular complexity index is 322. The van der Waals surface area contributed by atoms with Gasteiger partial charge in [-0.2, -0.15) is 0 Å². The van der Waals surface area contributed by atoms with Gasteiger partial charge in [0.1, 0.15) is 0 Å². The molecule has 1 aliphatic rings. The van der Waals surface area contributed by atoms with Crippen LogP contribution in [0, 0.1) is 5.92 Å². The fourth-order valence-corrected chi connectivity index (χ4v) is 3.00. The van der Waals surface area contributed by atoms with Crippen molar-refractivity contribution in [2.24, 2.45) is 11.7 Å². The molecule has 0 heterocycles. The monoisotopic (exact) mass is 284 g/mol. The summed E-state index contributed by atoms with van der Waals surface area (Å²) in [6.45, 7) is 4.42. The molecule has 0 aromatic heterocycles. The summed E-state index contributed by atoms with van der Waals surface area (Å²) in [5.74, 6) is 0.300. The molecule has 2 unspecified atom stereocenters. The molecule has 1 aliphatic carbocycles. The number of rotatable bonds is 6. The van der Waals surface area contributed by atoms with Crippen LogP contribution in [-0.4, -0.2) is 49.6 Å². The van der Waals surface area contributed by atoms with Crippen molar-refractivity contribution in [2.45, 2.75) is 45.1 Å². The Kier molecular flexibility index (Phi) is 7.54. The van der Waals surface area contributed by atoms with Gasteiger partial charge in [0.2, 0.25) is 5.91 Å². The van der Waals surface area contributed by atoms with Gasteiger partial charge in [-0.15, -0.1) is 0 Å². The maximum atomic E-state index is 11.6. The van der Waals surface area contributed by atoms with Gasteiger partial charge in [0, 0.05) is 26.1 Å². The largest absolute Gasteiger partial charge is 0.341 e. The Morgan fingerprint density at radius 3 is 2.60 bits per heavy atom. The number of urea groups is 1. The van der Waals surface area contributed by atoms with E-state index in [1.165, 1.54) is 26.3 Å². The first kappa shape index (κ1) is 16.9. The topological polar surface area (TPSA) is 87.5 Å². The molecule has 1 saturated carbocycles. The first-order chi connectivity index (χ1) is 9.62. The van der Waals surface area contributed by atoms with Gasteiger partial charge in [0.25, 0.3) is 0 Å². The third-order valence-electron chi connectivity index (χ3n) is 4.15. The number of amides is 3. The van der Waals surface area contributed by atoms with Crippen molar-refractivity contribution in [3.8, 4) is 0 Å². The molecule has 1 fully saturated rings. The molecular weight excluding hydrogens is 256 g/mol. The summed E-state index contributed by atoms with van der Waals surface area (Å²) < 4.78 is 0. The standard InChI is InChI=1S/C14H28N4O2/c1-3-18(9-8-13(19)17-14(20)16-2)12-7-5-4-6-11(12)10-15/h11-12H,3-10,15H2,1-2H3,(H2,16,17,19,20). The third kappa shape index (κ3) is 5.09. The van der Waals surface area contributed by atoms with E-state index in [-0.39, 0.29) is 5.91 Å². The van der Waals surface area contributed by atoms with Crippen LogP contribution in [0.1, 0.15) is 39.0 Å². The minimum absolute atomic E-state index is 0.233. The van der Waals surface area contributed by atoms with Gasteiger partial charge >= 0.3 is 6.03 Å². The number of nitrogens with zero attached hydrogens (tertiary/aromatic N) is 1. The first-order valence-electron chi connectivity index (χ1n) is 7.58. The molecule has 2 atom stereocenters. The van der Waals surface area contributed by atoms with E-state index in [9.17, 15) is 9.59 Å². The maximum Gasteiger partial charge on any atom is 0.321 e. The van der Waals surface area contributed by atoms with Crippen molar-refractivity contribution in [1.29, 1.82) is 0 Å². The Hall–Kier alpha value is -1.14. The second-order valence-corrected chi connectivity index (χ2v) is 5.35. The molecule has 20 heavy (non-hydrogen) atoms. The predicted octanol–water partition coefficient (Wildman–Crippen LogP) is 0.672. The molecule has 116 valence electrons. The molecule has 6 nitrogen and oxygen atoms in total. The summed E-state index contributed by atoms with van der Waals surface area (Å²) in [5.41, 5.74) is 5.87. The van der Waals surface area contributed by atoms with E-state index >= 15 is 0 Å². The summed E-state index contributed by atoms with van der Waals surface area (Å²) in [5, 5.41) is 4.67. The van der Waals surface area contributed by atoms with Crippen molar-refractivity contribution < 1.29 is 9.59 Å². The molecule has 0 aliphatic heterocycles. The van der Waals surface area contributed by atoms with Gasteiger partial charge in [0.15, 0.2) is 0 Å². The van der Waals surface area contributed by atoms with E-state index in [1.807, 2.05) is 0 Å². The minimum Gasteiger partial charge on any atom is -0.341 e. The van der Waals surface area contributed by atoms with Crippen molar-refractivity contribution in [3.63, 3.8) is 0 Å². The van der Waals surface area contributed by atoms with Crippen LogP contribution in [0.15, 0.2) is 0 Å². The van der Waals surface area contributed by atoms with Crippen LogP contribution in [0.5, 0.6) is 0 Å². The highest BCUT2D eigenvalue weighted by atomic mass is 16.2. The highest BCUT2D eigenvalue weighted by Crippen LogP contribution is 2.27. The lowest BCUT2D eigenvalue weighted by molar-refractivity contribution is -0.120. The number of carbonyl (C=O) groups is 2. The highest BCUT2D eigenvalue weighted by molar-refractivity contribution is 5.94. The van der Waals surface area contributed by atoms with E-state index in [1.54, 1.807) is 0 Å². The van der Waals surface area contributed by atoms with Gasteiger partial charge in [-0.1, -0.05) is 19.8 Å². The number of imide groups is 1. The third-order valence-corrected chi connectivity index (χ3v) is 4.15. The fraction of sp³-hybridized carbons (Fsp3) is 0.857. The molecule has 0 saturated heterocycles. The number of hydrogen-bond acceptors (Lipinski definition) is 4. The van der Waals surface area contributed by atoms with E-state index in [0.717, 1.165) is 13.0 Å². The Morgan fingerprint density at radius 2 is 2.00 bits per heavy atom. The van der Waals surface area contributed by atoms with Crippen LogP contribution >= 0.6 is 0 Å².